The highest BCUT2D eigenvalue weighted by Gasteiger charge is 2.12. The lowest BCUT2D eigenvalue weighted by molar-refractivity contribution is 0.102. The number of hydrogen-bond donors (Lipinski definition) is 1. The van der Waals surface area contributed by atoms with Gasteiger partial charge in [-0.3, -0.25) is 9.59 Å². The van der Waals surface area contributed by atoms with Gasteiger partial charge in [-0.15, -0.1) is 0 Å². The van der Waals surface area contributed by atoms with Gasteiger partial charge in [-0.1, -0.05) is 51.8 Å². The number of anilines is 1. The number of hydrogen-bond acceptors (Lipinski definition) is 2. The summed E-state index contributed by atoms with van der Waals surface area (Å²) >= 11 is 3.36. The van der Waals surface area contributed by atoms with Crippen LogP contribution in [0.3, 0.4) is 0 Å². The highest BCUT2D eigenvalue weighted by atomic mass is 79.9. The van der Waals surface area contributed by atoms with E-state index in [9.17, 15) is 9.59 Å². The molecular weight excluding hydrogens is 380 g/mol. The van der Waals surface area contributed by atoms with Crippen molar-refractivity contribution in [3.8, 4) is 0 Å². The Kier molecular flexibility index (Phi) is 5.14. The Bertz CT molecular complexity index is 979. The van der Waals surface area contributed by atoms with Gasteiger partial charge >= 0.3 is 0 Å². The summed E-state index contributed by atoms with van der Waals surface area (Å²) < 4.78 is 2.40. The summed E-state index contributed by atoms with van der Waals surface area (Å²) in [6, 6.07) is 18.5. The van der Waals surface area contributed by atoms with Crippen molar-refractivity contribution < 1.29 is 4.79 Å². The number of rotatable bonds is 4. The Morgan fingerprint density at radius 2 is 1.88 bits per heavy atom. The first-order valence-electron chi connectivity index (χ1n) is 7.85. The molecular formula is C20H17BrN2O2. The van der Waals surface area contributed by atoms with Crippen LogP contribution in [0.4, 0.5) is 5.69 Å². The van der Waals surface area contributed by atoms with Gasteiger partial charge in [-0.25, -0.2) is 0 Å². The minimum atomic E-state index is -0.415. The summed E-state index contributed by atoms with van der Waals surface area (Å²) in [5.41, 5.74) is 2.60. The van der Waals surface area contributed by atoms with E-state index in [4.69, 9.17) is 0 Å². The number of carbonyl (C=O) groups is 1. The zero-order chi connectivity index (χ0) is 17.8. The lowest BCUT2D eigenvalue weighted by Crippen LogP contribution is -2.29. The van der Waals surface area contributed by atoms with Crippen LogP contribution in [0.1, 0.15) is 21.5 Å². The van der Waals surface area contributed by atoms with Gasteiger partial charge in [0, 0.05) is 16.4 Å². The SMILES string of the molecule is Cc1cccc(Cn2cccc(C(=O)Nc3cccc(Br)c3)c2=O)c1. The fourth-order valence-corrected chi connectivity index (χ4v) is 3.01. The van der Waals surface area contributed by atoms with E-state index in [0.717, 1.165) is 15.6 Å². The molecule has 4 nitrogen and oxygen atoms in total. The Morgan fingerprint density at radius 1 is 1.08 bits per heavy atom. The number of nitrogens with zero attached hydrogens (tertiary/aromatic N) is 1. The van der Waals surface area contributed by atoms with E-state index >= 15 is 0 Å². The second-order valence-electron chi connectivity index (χ2n) is 5.81. The van der Waals surface area contributed by atoms with Crippen molar-refractivity contribution >= 4 is 27.5 Å². The summed E-state index contributed by atoms with van der Waals surface area (Å²) in [6.45, 7) is 2.44. The van der Waals surface area contributed by atoms with Gasteiger partial charge in [0.15, 0.2) is 0 Å². The molecule has 0 spiro atoms. The number of amides is 1. The second kappa shape index (κ2) is 7.49. The minimum absolute atomic E-state index is 0.120. The smallest absolute Gasteiger partial charge is 0.263 e. The first-order valence-corrected chi connectivity index (χ1v) is 8.64. The van der Waals surface area contributed by atoms with Gasteiger partial charge in [-0.05, 0) is 42.8 Å². The molecule has 0 saturated carbocycles. The summed E-state index contributed by atoms with van der Waals surface area (Å²) in [6.07, 6.45) is 1.69. The third-order valence-corrected chi connectivity index (χ3v) is 4.28. The molecule has 0 bridgehead atoms. The van der Waals surface area contributed by atoms with E-state index in [-0.39, 0.29) is 11.1 Å². The average Bonchev–Trinajstić information content (AvgIpc) is 2.57. The van der Waals surface area contributed by atoms with Gasteiger partial charge < -0.3 is 9.88 Å². The number of aryl methyl sites for hydroxylation is 1. The molecule has 1 amide bonds. The zero-order valence-corrected chi connectivity index (χ0v) is 15.3. The minimum Gasteiger partial charge on any atom is -0.322 e. The van der Waals surface area contributed by atoms with Crippen LogP contribution in [0.15, 0.2) is 76.1 Å². The van der Waals surface area contributed by atoms with Gasteiger partial charge in [0.2, 0.25) is 0 Å². The third-order valence-electron chi connectivity index (χ3n) is 3.78. The second-order valence-corrected chi connectivity index (χ2v) is 6.72. The van der Waals surface area contributed by atoms with E-state index < -0.39 is 5.91 Å². The van der Waals surface area contributed by atoms with Crippen molar-refractivity contribution in [2.24, 2.45) is 0 Å². The lowest BCUT2D eigenvalue weighted by Gasteiger charge is -2.09. The highest BCUT2D eigenvalue weighted by molar-refractivity contribution is 9.10. The molecule has 126 valence electrons. The molecule has 0 aliphatic rings. The maximum atomic E-state index is 12.6. The Hall–Kier alpha value is -2.66. The molecule has 0 unspecified atom stereocenters. The largest absolute Gasteiger partial charge is 0.322 e. The monoisotopic (exact) mass is 396 g/mol. The van der Waals surface area contributed by atoms with Crippen LogP contribution in [0.2, 0.25) is 0 Å². The molecule has 25 heavy (non-hydrogen) atoms. The number of nitrogens with one attached hydrogen (secondary N) is 1. The van der Waals surface area contributed by atoms with Crippen LogP contribution >= 0.6 is 15.9 Å². The summed E-state index contributed by atoms with van der Waals surface area (Å²) in [7, 11) is 0. The molecule has 0 saturated heterocycles. The number of aromatic nitrogens is 1. The van der Waals surface area contributed by atoms with Crippen LogP contribution < -0.4 is 10.9 Å². The van der Waals surface area contributed by atoms with E-state index in [1.165, 1.54) is 0 Å². The van der Waals surface area contributed by atoms with Crippen molar-refractivity contribution in [3.05, 3.63) is 98.4 Å². The maximum Gasteiger partial charge on any atom is 0.263 e. The molecule has 1 N–H and O–H groups in total. The van der Waals surface area contributed by atoms with Crippen LogP contribution in [0, 0.1) is 6.92 Å². The van der Waals surface area contributed by atoms with Crippen molar-refractivity contribution in [2.75, 3.05) is 5.32 Å². The van der Waals surface area contributed by atoms with Gasteiger partial charge in [-0.2, -0.15) is 0 Å². The first-order chi connectivity index (χ1) is 12.0. The third kappa shape index (κ3) is 4.25. The van der Waals surface area contributed by atoms with Gasteiger partial charge in [0.05, 0.1) is 6.54 Å². The number of halogens is 1. The van der Waals surface area contributed by atoms with E-state index in [1.54, 1.807) is 35.0 Å². The normalized spacial score (nSPS) is 10.5. The molecule has 3 rings (SSSR count). The van der Waals surface area contributed by atoms with Gasteiger partial charge in [0.25, 0.3) is 11.5 Å². The Morgan fingerprint density at radius 3 is 2.64 bits per heavy atom. The average molecular weight is 397 g/mol. The van der Waals surface area contributed by atoms with Crippen LogP contribution in [0.5, 0.6) is 0 Å². The maximum absolute atomic E-state index is 12.6. The molecule has 1 aromatic heterocycles. The Balaban J connectivity index is 1.85. The van der Waals surface area contributed by atoms with E-state index in [0.29, 0.717) is 12.2 Å². The molecule has 0 fully saturated rings. The zero-order valence-electron chi connectivity index (χ0n) is 13.7. The molecule has 0 atom stereocenters. The number of pyridine rings is 1. The predicted octanol–water partition coefficient (Wildman–Crippen LogP) is 4.22. The fraction of sp³-hybridized carbons (Fsp3) is 0.100. The number of carbonyl (C=O) groups excluding carboxylic acids is 1. The molecule has 2 aromatic carbocycles. The molecule has 0 aliphatic carbocycles. The molecule has 0 radical (unpaired) electrons. The molecule has 0 aliphatic heterocycles. The molecule has 5 heteroatoms. The first kappa shape index (κ1) is 17.2. The highest BCUT2D eigenvalue weighted by Crippen LogP contribution is 2.16. The van der Waals surface area contributed by atoms with Crippen molar-refractivity contribution in [3.63, 3.8) is 0 Å². The van der Waals surface area contributed by atoms with Crippen LogP contribution in [-0.4, -0.2) is 10.5 Å². The van der Waals surface area contributed by atoms with E-state index in [1.807, 2.05) is 43.3 Å². The quantitative estimate of drug-likeness (QED) is 0.717. The van der Waals surface area contributed by atoms with Gasteiger partial charge in [0.1, 0.15) is 5.56 Å². The standard InChI is InChI=1S/C20H17BrN2O2/c1-14-5-2-6-15(11-14)13-23-10-4-9-18(20(23)25)19(24)22-17-8-3-7-16(21)12-17/h2-12H,13H2,1H3,(H,22,24). The summed E-state index contributed by atoms with van der Waals surface area (Å²) in [5, 5.41) is 2.76. The van der Waals surface area contributed by atoms with Crippen molar-refractivity contribution in [1.29, 1.82) is 0 Å². The molecule has 3 aromatic rings. The Labute approximate surface area is 154 Å². The van der Waals surface area contributed by atoms with Crippen LogP contribution in [0.25, 0.3) is 0 Å². The summed E-state index contributed by atoms with van der Waals surface area (Å²) in [5.74, 6) is -0.415. The number of benzene rings is 2. The van der Waals surface area contributed by atoms with Crippen molar-refractivity contribution in [2.45, 2.75) is 13.5 Å². The summed E-state index contributed by atoms with van der Waals surface area (Å²) in [4.78, 5) is 25.1. The topological polar surface area (TPSA) is 51.1 Å². The predicted molar refractivity (Wildman–Crippen MR) is 103 cm³/mol. The fourth-order valence-electron chi connectivity index (χ4n) is 2.61. The lowest BCUT2D eigenvalue weighted by atomic mass is 10.1. The molecule has 1 heterocycles. The van der Waals surface area contributed by atoms with Crippen LogP contribution in [-0.2, 0) is 6.54 Å². The van der Waals surface area contributed by atoms with E-state index in [2.05, 4.69) is 21.2 Å². The van der Waals surface area contributed by atoms with Crippen molar-refractivity contribution in [1.82, 2.24) is 4.57 Å².